The van der Waals surface area contributed by atoms with Gasteiger partial charge in [-0.1, -0.05) is 35.3 Å². The lowest BCUT2D eigenvalue weighted by atomic mass is 10.1. The highest BCUT2D eigenvalue weighted by Crippen LogP contribution is 2.26. The number of amides is 1. The molecule has 0 radical (unpaired) electrons. The van der Waals surface area contributed by atoms with E-state index in [2.05, 4.69) is 14.3 Å². The Labute approximate surface area is 198 Å². The van der Waals surface area contributed by atoms with Gasteiger partial charge in [-0.15, -0.1) is 0 Å². The number of hydrogen-bond donors (Lipinski definition) is 0. The highest BCUT2D eigenvalue weighted by Gasteiger charge is 2.24. The summed E-state index contributed by atoms with van der Waals surface area (Å²) in [5, 5.41) is 12.7. The first-order chi connectivity index (χ1) is 15.4. The fraction of sp³-hybridized carbons (Fsp3) is 0.286. The molecule has 0 aliphatic carbocycles. The molecule has 4 rings (SSSR count). The molecule has 0 saturated carbocycles. The minimum atomic E-state index is -0.583. The van der Waals surface area contributed by atoms with Gasteiger partial charge in [0.2, 0.25) is 5.13 Å². The van der Waals surface area contributed by atoms with Crippen LogP contribution in [0.2, 0.25) is 10.0 Å². The summed E-state index contributed by atoms with van der Waals surface area (Å²) in [4.78, 5) is 32.0. The van der Waals surface area contributed by atoms with Crippen molar-refractivity contribution in [2.75, 3.05) is 31.1 Å². The maximum absolute atomic E-state index is 12.9. The van der Waals surface area contributed by atoms with Gasteiger partial charge < -0.3 is 9.80 Å². The van der Waals surface area contributed by atoms with Gasteiger partial charge in [-0.3, -0.25) is 14.9 Å². The van der Waals surface area contributed by atoms with Crippen molar-refractivity contribution >= 4 is 51.5 Å². The van der Waals surface area contributed by atoms with E-state index in [1.807, 2.05) is 24.3 Å². The number of aromatic nitrogens is 2. The second kappa shape index (κ2) is 9.81. The Morgan fingerprint density at radius 3 is 2.62 bits per heavy atom. The Balaban J connectivity index is 1.41. The van der Waals surface area contributed by atoms with Crippen LogP contribution in [0, 0.1) is 10.1 Å². The Hall–Kier alpha value is -2.75. The van der Waals surface area contributed by atoms with Gasteiger partial charge in [-0.05, 0) is 36.2 Å². The topological polar surface area (TPSA) is 92.5 Å². The van der Waals surface area contributed by atoms with Crippen LogP contribution in [0.15, 0.2) is 42.5 Å². The number of nitrogens with zero attached hydrogens (tertiary/aromatic N) is 5. The van der Waals surface area contributed by atoms with Crippen molar-refractivity contribution in [3.05, 3.63) is 79.6 Å². The average Bonchev–Trinajstić information content (AvgIpc) is 3.10. The van der Waals surface area contributed by atoms with E-state index in [4.69, 9.17) is 23.2 Å². The number of carbonyl (C=O) groups is 1. The molecule has 11 heteroatoms. The summed E-state index contributed by atoms with van der Waals surface area (Å²) in [6, 6.07) is 11.8. The number of rotatable bonds is 5. The fourth-order valence-corrected chi connectivity index (χ4v) is 4.56. The van der Waals surface area contributed by atoms with Crippen molar-refractivity contribution < 1.29 is 9.72 Å². The van der Waals surface area contributed by atoms with E-state index in [0.717, 1.165) is 29.5 Å². The predicted octanol–water partition coefficient (Wildman–Crippen LogP) is 4.70. The first kappa shape index (κ1) is 22.4. The third-order valence-electron chi connectivity index (χ3n) is 5.18. The van der Waals surface area contributed by atoms with E-state index in [0.29, 0.717) is 31.1 Å². The maximum Gasteiger partial charge on any atom is 0.288 e. The van der Waals surface area contributed by atoms with E-state index in [9.17, 15) is 14.9 Å². The van der Waals surface area contributed by atoms with Gasteiger partial charge in [0, 0.05) is 60.8 Å². The van der Waals surface area contributed by atoms with Crippen molar-refractivity contribution in [2.45, 2.75) is 12.8 Å². The summed E-state index contributed by atoms with van der Waals surface area (Å²) in [7, 11) is 0. The van der Waals surface area contributed by atoms with Crippen LogP contribution in [0.25, 0.3) is 0 Å². The maximum atomic E-state index is 12.9. The van der Waals surface area contributed by atoms with Crippen LogP contribution in [0.4, 0.5) is 10.8 Å². The predicted molar refractivity (Wildman–Crippen MR) is 125 cm³/mol. The molecule has 3 aromatic rings. The van der Waals surface area contributed by atoms with E-state index in [1.165, 1.54) is 29.7 Å². The molecule has 1 aromatic heterocycles. The lowest BCUT2D eigenvalue weighted by Gasteiger charge is -2.21. The Kier molecular flexibility index (Phi) is 6.88. The normalized spacial score (nSPS) is 14.3. The Bertz CT molecular complexity index is 1140. The second-order valence-electron chi connectivity index (χ2n) is 7.35. The zero-order chi connectivity index (χ0) is 22.7. The van der Waals surface area contributed by atoms with Crippen LogP contribution in [0.5, 0.6) is 0 Å². The van der Waals surface area contributed by atoms with Crippen molar-refractivity contribution in [1.82, 2.24) is 14.3 Å². The molecule has 0 bridgehead atoms. The van der Waals surface area contributed by atoms with Gasteiger partial charge in [-0.2, -0.15) is 4.37 Å². The molecule has 8 nitrogen and oxygen atoms in total. The molecule has 0 N–H and O–H groups in total. The monoisotopic (exact) mass is 491 g/mol. The quantitative estimate of drug-likeness (QED) is 0.379. The molecule has 1 aliphatic rings. The summed E-state index contributed by atoms with van der Waals surface area (Å²) in [6.07, 6.45) is 1.38. The molecular weight excluding hydrogens is 473 g/mol. The first-order valence-electron chi connectivity index (χ1n) is 9.96. The molecule has 1 amide bonds. The van der Waals surface area contributed by atoms with E-state index < -0.39 is 4.92 Å². The van der Waals surface area contributed by atoms with Gasteiger partial charge in [0.15, 0.2) is 0 Å². The van der Waals surface area contributed by atoms with Gasteiger partial charge in [-0.25, -0.2) is 4.98 Å². The average molecular weight is 492 g/mol. The van der Waals surface area contributed by atoms with Crippen molar-refractivity contribution in [1.29, 1.82) is 0 Å². The number of benzene rings is 2. The Morgan fingerprint density at radius 1 is 1.09 bits per heavy atom. The van der Waals surface area contributed by atoms with Crippen LogP contribution in [-0.4, -0.2) is 51.3 Å². The number of carbonyl (C=O) groups excluding carboxylic acids is 1. The minimum absolute atomic E-state index is 0.0132. The van der Waals surface area contributed by atoms with E-state index in [-0.39, 0.29) is 22.2 Å². The summed E-state index contributed by atoms with van der Waals surface area (Å²) in [5.74, 6) is 0.505. The summed E-state index contributed by atoms with van der Waals surface area (Å²) in [5.41, 5.74) is 1.08. The third-order valence-corrected chi connectivity index (χ3v) is 6.56. The lowest BCUT2D eigenvalue weighted by molar-refractivity contribution is -0.384. The molecule has 0 spiro atoms. The number of halogens is 2. The lowest BCUT2D eigenvalue weighted by Crippen LogP contribution is -2.35. The highest BCUT2D eigenvalue weighted by atomic mass is 35.5. The smallest absolute Gasteiger partial charge is 0.288 e. The standard InChI is InChI=1S/C21H19Cl2N5O3S/c22-16-5-2-14(3-6-16)12-19-24-21(32-25-19)27-9-1-8-26(10-11-27)20(29)15-4-7-17(23)18(13-15)28(30)31/h2-7,13H,1,8-12H2. The largest absolute Gasteiger partial charge is 0.345 e. The van der Waals surface area contributed by atoms with Gasteiger partial charge in [0.05, 0.1) is 4.92 Å². The summed E-state index contributed by atoms with van der Waals surface area (Å²) >= 11 is 13.1. The Morgan fingerprint density at radius 2 is 1.88 bits per heavy atom. The van der Waals surface area contributed by atoms with Crippen molar-refractivity contribution in [3.63, 3.8) is 0 Å². The van der Waals surface area contributed by atoms with Crippen LogP contribution in [-0.2, 0) is 6.42 Å². The minimum Gasteiger partial charge on any atom is -0.345 e. The number of anilines is 1. The summed E-state index contributed by atoms with van der Waals surface area (Å²) in [6.45, 7) is 2.40. The highest BCUT2D eigenvalue weighted by molar-refractivity contribution is 7.09. The van der Waals surface area contributed by atoms with Crippen LogP contribution in [0.1, 0.15) is 28.2 Å². The van der Waals surface area contributed by atoms with Gasteiger partial charge >= 0.3 is 0 Å². The number of hydrogen-bond acceptors (Lipinski definition) is 7. The first-order valence-corrected chi connectivity index (χ1v) is 11.5. The zero-order valence-corrected chi connectivity index (χ0v) is 19.2. The van der Waals surface area contributed by atoms with Gasteiger partial charge in [0.1, 0.15) is 10.8 Å². The molecule has 32 heavy (non-hydrogen) atoms. The molecule has 0 atom stereocenters. The SMILES string of the molecule is O=C(c1ccc(Cl)c([N+](=O)[O-])c1)N1CCCN(c2nc(Cc3ccc(Cl)cc3)ns2)CC1. The number of nitro benzene ring substituents is 1. The summed E-state index contributed by atoms with van der Waals surface area (Å²) < 4.78 is 4.47. The van der Waals surface area contributed by atoms with Crippen LogP contribution >= 0.6 is 34.7 Å². The van der Waals surface area contributed by atoms with Crippen LogP contribution < -0.4 is 4.90 Å². The van der Waals surface area contributed by atoms with Crippen molar-refractivity contribution in [2.24, 2.45) is 0 Å². The molecule has 1 aliphatic heterocycles. The second-order valence-corrected chi connectivity index (χ2v) is 8.93. The van der Waals surface area contributed by atoms with Crippen LogP contribution in [0.3, 0.4) is 0 Å². The van der Waals surface area contributed by atoms with E-state index in [1.54, 1.807) is 4.90 Å². The molecule has 2 heterocycles. The molecule has 0 unspecified atom stereocenters. The molecule has 1 saturated heterocycles. The van der Waals surface area contributed by atoms with Gasteiger partial charge in [0.25, 0.3) is 11.6 Å². The molecule has 2 aromatic carbocycles. The van der Waals surface area contributed by atoms with E-state index >= 15 is 0 Å². The fourth-order valence-electron chi connectivity index (χ4n) is 3.51. The zero-order valence-electron chi connectivity index (χ0n) is 16.9. The molecule has 1 fully saturated rings. The number of nitro groups is 1. The molecule has 166 valence electrons. The third kappa shape index (κ3) is 5.17. The molecular formula is C21H19Cl2N5O3S. The van der Waals surface area contributed by atoms with Crippen molar-refractivity contribution in [3.8, 4) is 0 Å².